The van der Waals surface area contributed by atoms with Gasteiger partial charge in [0.2, 0.25) is 0 Å². The monoisotopic (exact) mass is 259 g/mol. The second-order valence-corrected chi connectivity index (χ2v) is 5.24. The average Bonchev–Trinajstić information content (AvgIpc) is 2.42. The van der Waals surface area contributed by atoms with Crippen LogP contribution in [0.4, 0.5) is 0 Å². The van der Waals surface area contributed by atoms with Crippen molar-refractivity contribution < 1.29 is 5.21 Å². The van der Waals surface area contributed by atoms with Crippen molar-refractivity contribution in [2.24, 2.45) is 5.90 Å². The largest absolute Gasteiger partial charge is 0.320 e. The Bertz CT molecular complexity index is 104. The molecule has 3 N–H and O–H groups in total. The fourth-order valence-electron chi connectivity index (χ4n) is 2.27. The minimum absolute atomic E-state index is 1.37. The molecule has 2 nitrogen and oxygen atoms in total. The van der Waals surface area contributed by atoms with Gasteiger partial charge in [-0.15, -0.1) is 0 Å². The van der Waals surface area contributed by atoms with Crippen molar-refractivity contribution in [3.8, 4) is 0 Å². The lowest BCUT2D eigenvalue weighted by atomic mass is 10.0. The molecule has 0 amide bonds. The Morgan fingerprint density at radius 1 is 0.444 bits per heavy atom. The molecule has 0 bridgehead atoms. The summed E-state index contributed by atoms with van der Waals surface area (Å²) in [6, 6.07) is 0. The molecule has 0 radical (unpaired) electrons. The second-order valence-electron chi connectivity index (χ2n) is 5.24. The van der Waals surface area contributed by atoms with E-state index in [9.17, 15) is 0 Å². The molecule has 112 valence electrons. The van der Waals surface area contributed by atoms with Crippen LogP contribution in [0.25, 0.3) is 0 Å². The van der Waals surface area contributed by atoms with Crippen LogP contribution >= 0.6 is 0 Å². The highest BCUT2D eigenvalue weighted by molar-refractivity contribution is 4.48. The highest BCUT2D eigenvalue weighted by atomic mass is 16.4. The summed E-state index contributed by atoms with van der Waals surface area (Å²) in [5.74, 6) is 3.50. The van der Waals surface area contributed by atoms with Crippen molar-refractivity contribution in [2.75, 3.05) is 0 Å². The standard InChI is InChI=1S/C16H34.H3NO/c1-3-5-7-9-11-13-15-16-14-12-10-8-6-4-2;1-2/h3-16H2,1-2H3;2H,1H2. The molecule has 0 rings (SSSR count). The van der Waals surface area contributed by atoms with E-state index in [1.807, 2.05) is 0 Å². The molecule has 0 saturated carbocycles. The Kier molecular flexibility index (Phi) is 24.9. The van der Waals surface area contributed by atoms with Crippen LogP contribution in [0.2, 0.25) is 0 Å². The predicted octanol–water partition coefficient (Wildman–Crippen LogP) is 5.82. The molecule has 0 aliphatic heterocycles. The summed E-state index contributed by atoms with van der Waals surface area (Å²) in [7, 11) is 0. The van der Waals surface area contributed by atoms with Crippen LogP contribution in [-0.4, -0.2) is 5.21 Å². The first-order valence-corrected chi connectivity index (χ1v) is 8.17. The van der Waals surface area contributed by atoms with E-state index in [-0.39, 0.29) is 0 Å². The van der Waals surface area contributed by atoms with Gasteiger partial charge in [0.25, 0.3) is 0 Å². The molecule has 0 aromatic carbocycles. The summed E-state index contributed by atoms with van der Waals surface area (Å²) in [6.07, 6.45) is 20.4. The van der Waals surface area contributed by atoms with Gasteiger partial charge in [-0.05, 0) is 0 Å². The molecule has 0 heterocycles. The van der Waals surface area contributed by atoms with Gasteiger partial charge in [-0.3, -0.25) is 0 Å². The molecule has 18 heavy (non-hydrogen) atoms. The van der Waals surface area contributed by atoms with Crippen LogP contribution in [0, 0.1) is 0 Å². The molecule has 0 atom stereocenters. The fourth-order valence-corrected chi connectivity index (χ4v) is 2.27. The van der Waals surface area contributed by atoms with Crippen molar-refractivity contribution in [1.29, 1.82) is 0 Å². The van der Waals surface area contributed by atoms with E-state index < -0.39 is 0 Å². The van der Waals surface area contributed by atoms with Crippen LogP contribution in [0.3, 0.4) is 0 Å². The molecule has 0 spiro atoms. The van der Waals surface area contributed by atoms with Crippen LogP contribution in [0.1, 0.15) is 104 Å². The van der Waals surface area contributed by atoms with Gasteiger partial charge in [-0.25, -0.2) is 5.90 Å². The predicted molar refractivity (Wildman–Crippen MR) is 82.0 cm³/mol. The van der Waals surface area contributed by atoms with E-state index in [0.29, 0.717) is 0 Å². The molecular formula is C16H37NO. The van der Waals surface area contributed by atoms with E-state index in [1.165, 1.54) is 89.9 Å². The summed E-state index contributed by atoms with van der Waals surface area (Å²) in [6.45, 7) is 4.58. The minimum atomic E-state index is 1.37. The SMILES string of the molecule is CCCCCCCCCCCCCCCC.NO. The maximum Gasteiger partial charge on any atom is -0.0533 e. The van der Waals surface area contributed by atoms with E-state index in [0.717, 1.165) is 0 Å². The maximum absolute atomic E-state index is 6.50. The molecule has 0 saturated heterocycles. The lowest BCUT2D eigenvalue weighted by molar-refractivity contribution is 0.311. The van der Waals surface area contributed by atoms with Gasteiger partial charge in [0.15, 0.2) is 0 Å². The zero-order chi connectivity index (χ0) is 13.9. The first kappa shape index (κ1) is 20.2. The van der Waals surface area contributed by atoms with Gasteiger partial charge in [-0.2, -0.15) is 0 Å². The zero-order valence-corrected chi connectivity index (χ0v) is 12.9. The first-order valence-electron chi connectivity index (χ1n) is 8.17. The smallest absolute Gasteiger partial charge is 0.0533 e. The van der Waals surface area contributed by atoms with E-state index in [1.54, 1.807) is 0 Å². The van der Waals surface area contributed by atoms with Crippen LogP contribution < -0.4 is 5.90 Å². The summed E-state index contributed by atoms with van der Waals surface area (Å²) in [5.41, 5.74) is 0. The topological polar surface area (TPSA) is 46.2 Å². The second kappa shape index (κ2) is 22.1. The average molecular weight is 259 g/mol. The van der Waals surface area contributed by atoms with Gasteiger partial charge >= 0.3 is 0 Å². The Hall–Kier alpha value is -0.0800. The van der Waals surface area contributed by atoms with Crippen LogP contribution in [-0.2, 0) is 0 Å². The van der Waals surface area contributed by atoms with Gasteiger partial charge < -0.3 is 5.21 Å². The van der Waals surface area contributed by atoms with Crippen molar-refractivity contribution in [1.82, 2.24) is 0 Å². The number of unbranched alkanes of at least 4 members (excludes halogenated alkanes) is 13. The number of nitrogens with two attached hydrogens (primary N) is 1. The van der Waals surface area contributed by atoms with Gasteiger partial charge in [0.05, 0.1) is 0 Å². The van der Waals surface area contributed by atoms with E-state index in [4.69, 9.17) is 5.21 Å². The van der Waals surface area contributed by atoms with Gasteiger partial charge in [0, 0.05) is 0 Å². The van der Waals surface area contributed by atoms with Gasteiger partial charge in [-0.1, -0.05) is 104 Å². The van der Waals surface area contributed by atoms with Crippen LogP contribution in [0.15, 0.2) is 0 Å². The van der Waals surface area contributed by atoms with E-state index in [2.05, 4.69) is 19.7 Å². The Morgan fingerprint density at radius 3 is 0.778 bits per heavy atom. The third-order valence-corrected chi connectivity index (χ3v) is 3.46. The van der Waals surface area contributed by atoms with Gasteiger partial charge in [0.1, 0.15) is 0 Å². The van der Waals surface area contributed by atoms with E-state index >= 15 is 0 Å². The third kappa shape index (κ3) is 21.2. The molecule has 0 unspecified atom stereocenters. The van der Waals surface area contributed by atoms with Crippen molar-refractivity contribution in [3.63, 3.8) is 0 Å². The van der Waals surface area contributed by atoms with Crippen molar-refractivity contribution in [3.05, 3.63) is 0 Å². The maximum atomic E-state index is 6.50. The molecule has 0 aliphatic rings. The number of hydrogen-bond acceptors (Lipinski definition) is 2. The van der Waals surface area contributed by atoms with Crippen LogP contribution in [0.5, 0.6) is 0 Å². The summed E-state index contributed by atoms with van der Waals surface area (Å²) < 4.78 is 0. The highest BCUT2D eigenvalue weighted by Gasteiger charge is 1.92. The first-order chi connectivity index (χ1) is 8.91. The molecular weight excluding hydrogens is 222 g/mol. The quantitative estimate of drug-likeness (QED) is 0.323. The number of rotatable bonds is 13. The molecule has 0 aromatic heterocycles. The Balaban J connectivity index is 0. The fraction of sp³-hybridized carbons (Fsp3) is 1.00. The number of hydrogen-bond donors (Lipinski definition) is 2. The summed E-state index contributed by atoms with van der Waals surface area (Å²) >= 11 is 0. The summed E-state index contributed by atoms with van der Waals surface area (Å²) in [4.78, 5) is 0. The lowest BCUT2D eigenvalue weighted by Gasteiger charge is -2.02. The normalized spacial score (nSPS) is 10.0. The highest BCUT2D eigenvalue weighted by Crippen LogP contribution is 2.12. The third-order valence-electron chi connectivity index (χ3n) is 3.46. The van der Waals surface area contributed by atoms with Crippen molar-refractivity contribution >= 4 is 0 Å². The molecule has 0 aliphatic carbocycles. The zero-order valence-electron chi connectivity index (χ0n) is 12.9. The molecule has 0 aromatic rings. The Morgan fingerprint density at radius 2 is 0.611 bits per heavy atom. The summed E-state index contributed by atoms with van der Waals surface area (Å²) in [5, 5.41) is 6.50. The molecule has 2 heteroatoms. The minimum Gasteiger partial charge on any atom is -0.320 e. The lowest BCUT2D eigenvalue weighted by Crippen LogP contribution is -1.82. The van der Waals surface area contributed by atoms with Crippen molar-refractivity contribution in [2.45, 2.75) is 104 Å². The Labute approximate surface area is 115 Å². The molecule has 0 fully saturated rings.